The Morgan fingerprint density at radius 3 is 2.13 bits per heavy atom. The highest BCUT2D eigenvalue weighted by atomic mass is 28.4. The molecular weight excluding hydrogens is 601 g/mol. The number of hydrogen-bond donors (Lipinski definition) is 1. The predicted molar refractivity (Wildman–Crippen MR) is 200 cm³/mol. The molecule has 1 aliphatic heterocycles. The predicted octanol–water partition coefficient (Wildman–Crippen LogP) is 11.1. The maximum atomic E-state index is 10.5. The van der Waals surface area contributed by atoms with Gasteiger partial charge in [0.1, 0.15) is 0 Å². The summed E-state index contributed by atoms with van der Waals surface area (Å²) in [5.74, 6) is 1.63. The van der Waals surface area contributed by atoms with Crippen LogP contribution in [-0.2, 0) is 13.6 Å². The fraction of sp³-hybridized carbons (Fsp3) is 0.850. The van der Waals surface area contributed by atoms with Crippen LogP contribution in [0.15, 0.2) is 35.5 Å². The Balaban J connectivity index is 1.59. The van der Waals surface area contributed by atoms with Crippen molar-refractivity contribution in [2.45, 2.75) is 187 Å². The second-order valence-electron chi connectivity index (χ2n) is 17.0. The Bertz CT molecular complexity index is 1080. The molecule has 1 heterocycles. The van der Waals surface area contributed by atoms with Gasteiger partial charge in [0.25, 0.3) is 0 Å². The van der Waals surface area contributed by atoms with Crippen molar-refractivity contribution in [1.82, 2.24) is 0 Å². The molecule has 4 rings (SSSR count). The summed E-state index contributed by atoms with van der Waals surface area (Å²) in [5, 5.41) is 10.5. The average Bonchev–Trinajstić information content (AvgIpc) is 3.58. The quantitative estimate of drug-likeness (QED) is 0.187. The second kappa shape index (κ2) is 15.2. The van der Waals surface area contributed by atoms with E-state index in [4.69, 9.17) is 20.2 Å². The minimum Gasteiger partial charge on any atom is -0.413 e. The van der Waals surface area contributed by atoms with Gasteiger partial charge in [-0.25, -0.2) is 0 Å². The van der Waals surface area contributed by atoms with Crippen LogP contribution in [0.25, 0.3) is 0 Å². The molecule has 1 saturated heterocycles. The topological polar surface area (TPSA) is 47.9 Å². The summed E-state index contributed by atoms with van der Waals surface area (Å²) in [4.78, 5) is 0. The number of allylic oxidation sites excluding steroid dienone is 3. The summed E-state index contributed by atoms with van der Waals surface area (Å²) in [6, 6.07) is 7.06. The second-order valence-corrected chi connectivity index (χ2v) is 26.4. The third kappa shape index (κ3) is 8.10. The van der Waals surface area contributed by atoms with E-state index in [0.29, 0.717) is 17.8 Å². The van der Waals surface area contributed by atoms with E-state index in [1.54, 1.807) is 5.57 Å². The molecule has 0 amide bonds. The molecule has 4 aliphatic rings. The fourth-order valence-electron chi connectivity index (χ4n) is 10.6. The summed E-state index contributed by atoms with van der Waals surface area (Å²) >= 11 is 0. The van der Waals surface area contributed by atoms with Gasteiger partial charge < -0.3 is 18.7 Å². The zero-order valence-electron chi connectivity index (χ0n) is 31.7. The lowest BCUT2D eigenvalue weighted by Gasteiger charge is -2.47. The van der Waals surface area contributed by atoms with Gasteiger partial charge in [0.05, 0.1) is 30.0 Å². The van der Waals surface area contributed by atoms with Gasteiger partial charge in [0.15, 0.2) is 16.6 Å². The van der Waals surface area contributed by atoms with Gasteiger partial charge in [0, 0.05) is 6.42 Å². The molecule has 46 heavy (non-hydrogen) atoms. The Kier molecular flexibility index (Phi) is 12.6. The van der Waals surface area contributed by atoms with Crippen LogP contribution >= 0.6 is 0 Å². The zero-order valence-corrected chi connectivity index (χ0v) is 33.7. The largest absolute Gasteiger partial charge is 0.413 e. The molecule has 3 saturated carbocycles. The first-order valence-electron chi connectivity index (χ1n) is 19.5. The van der Waals surface area contributed by atoms with Crippen molar-refractivity contribution >= 4 is 16.6 Å². The summed E-state index contributed by atoms with van der Waals surface area (Å²) in [7, 11) is -3.53. The molecule has 4 fully saturated rings. The van der Waals surface area contributed by atoms with Crippen LogP contribution < -0.4 is 0 Å². The Morgan fingerprint density at radius 1 is 0.935 bits per heavy atom. The third-order valence-electron chi connectivity index (χ3n) is 13.7. The monoisotopic (exact) mass is 672 g/mol. The van der Waals surface area contributed by atoms with Crippen LogP contribution in [0.2, 0.25) is 36.3 Å². The molecule has 0 spiro atoms. The molecule has 3 aliphatic carbocycles. The summed E-state index contributed by atoms with van der Waals surface area (Å²) in [6.45, 7) is 28.4. The van der Waals surface area contributed by atoms with Crippen molar-refractivity contribution in [3.05, 3.63) is 35.5 Å². The van der Waals surface area contributed by atoms with Gasteiger partial charge in [-0.2, -0.15) is 0 Å². The fourth-order valence-corrected chi connectivity index (χ4v) is 16.3. The normalized spacial score (nSPS) is 36.2. The van der Waals surface area contributed by atoms with Crippen LogP contribution in [0.5, 0.6) is 0 Å². The molecule has 0 radical (unpaired) electrons. The molecule has 0 aromatic heterocycles. The van der Waals surface area contributed by atoms with E-state index in [2.05, 4.69) is 67.5 Å². The molecule has 264 valence electrons. The van der Waals surface area contributed by atoms with Gasteiger partial charge in [-0.05, 0) is 143 Å². The molecule has 6 heteroatoms. The lowest BCUT2D eigenvalue weighted by atomic mass is 9.59. The summed E-state index contributed by atoms with van der Waals surface area (Å²) < 4.78 is 21.1. The SMILES string of the molecule is C=C1/C(=C\C=C2/CCC[C@@]3(C)[C@H]2CC[C@@H]3[C@]2(C)C[C@H](CC(C)(C)O)CO2)C[C@@H](O[Si](CC)(CC)CC)C[C@@H]1O[Si](CC)(CC)CC. The molecule has 1 N–H and O–H groups in total. The minimum atomic E-state index is -1.79. The van der Waals surface area contributed by atoms with Crippen molar-refractivity contribution in [1.29, 1.82) is 0 Å². The Morgan fingerprint density at radius 2 is 1.54 bits per heavy atom. The first-order valence-corrected chi connectivity index (χ1v) is 24.5. The van der Waals surface area contributed by atoms with Gasteiger partial charge in [-0.3, -0.25) is 0 Å². The summed E-state index contributed by atoms with van der Waals surface area (Å²) in [6.07, 6.45) is 15.4. The lowest BCUT2D eigenvalue weighted by Crippen LogP contribution is -2.46. The van der Waals surface area contributed by atoms with Crippen molar-refractivity contribution < 1.29 is 18.7 Å². The van der Waals surface area contributed by atoms with Crippen molar-refractivity contribution in [2.24, 2.45) is 23.2 Å². The number of ether oxygens (including phenoxy) is 1. The van der Waals surface area contributed by atoms with Crippen LogP contribution in [0.1, 0.15) is 127 Å². The van der Waals surface area contributed by atoms with Crippen LogP contribution in [-0.4, -0.2) is 51.8 Å². The third-order valence-corrected chi connectivity index (χ3v) is 23.1. The molecule has 7 atom stereocenters. The van der Waals surface area contributed by atoms with Crippen molar-refractivity contribution in [2.75, 3.05) is 6.61 Å². The smallest absolute Gasteiger partial charge is 0.192 e. The van der Waals surface area contributed by atoms with Gasteiger partial charge in [-0.1, -0.05) is 72.8 Å². The highest BCUT2D eigenvalue weighted by molar-refractivity contribution is 6.74. The van der Waals surface area contributed by atoms with Crippen LogP contribution in [0.3, 0.4) is 0 Å². The van der Waals surface area contributed by atoms with Crippen molar-refractivity contribution in [3.8, 4) is 0 Å². The van der Waals surface area contributed by atoms with Crippen LogP contribution in [0, 0.1) is 23.2 Å². The van der Waals surface area contributed by atoms with Gasteiger partial charge in [-0.15, -0.1) is 0 Å². The Labute approximate surface area is 286 Å². The zero-order chi connectivity index (χ0) is 34.0. The lowest BCUT2D eigenvalue weighted by molar-refractivity contribution is -0.0753. The average molecular weight is 673 g/mol. The maximum absolute atomic E-state index is 10.5. The first kappa shape index (κ1) is 38.3. The van der Waals surface area contributed by atoms with Gasteiger partial charge in [0.2, 0.25) is 0 Å². The molecule has 0 aromatic carbocycles. The van der Waals surface area contributed by atoms with E-state index in [1.807, 2.05) is 13.8 Å². The van der Waals surface area contributed by atoms with E-state index in [1.165, 1.54) is 79.5 Å². The highest BCUT2D eigenvalue weighted by Gasteiger charge is 2.58. The van der Waals surface area contributed by atoms with E-state index < -0.39 is 22.2 Å². The van der Waals surface area contributed by atoms with E-state index in [0.717, 1.165) is 32.3 Å². The Hall–Kier alpha value is -0.506. The minimum absolute atomic E-state index is 0.0796. The number of hydrogen-bond acceptors (Lipinski definition) is 4. The number of rotatable bonds is 14. The maximum Gasteiger partial charge on any atom is 0.192 e. The molecule has 0 aromatic rings. The first-order chi connectivity index (χ1) is 21.6. The van der Waals surface area contributed by atoms with E-state index in [9.17, 15) is 5.11 Å². The van der Waals surface area contributed by atoms with Gasteiger partial charge >= 0.3 is 0 Å². The molecule has 0 unspecified atom stereocenters. The molecule has 0 bridgehead atoms. The van der Waals surface area contributed by atoms with E-state index >= 15 is 0 Å². The van der Waals surface area contributed by atoms with Crippen molar-refractivity contribution in [3.63, 3.8) is 0 Å². The molecular formula is C40H72O4Si2. The van der Waals surface area contributed by atoms with E-state index in [-0.39, 0.29) is 23.2 Å². The number of fused-ring (bicyclic) bond motifs is 1. The summed E-state index contributed by atoms with van der Waals surface area (Å²) in [5.41, 5.74) is 3.78. The standard InChI is InChI=1S/C40H72O4Si2/c1-12-45(13-2,14-3)43-34-25-33(30(7)36(26-34)44-46(15-4,16-5)17-6)21-20-32-19-18-24-39(10)35(32)22-23-37(39)40(11)28-31(29-42-40)27-38(8,9)41/h20-21,31,34-37,41H,7,12-19,22-29H2,1-6,8-11H3/b32-20+,33-21-/t31-,34+,35-,36-,37-,39-,40-/m0/s1. The number of aliphatic hydroxyl groups is 1. The molecule has 4 nitrogen and oxygen atoms in total. The highest BCUT2D eigenvalue weighted by Crippen LogP contribution is 2.62. The van der Waals surface area contributed by atoms with Crippen LogP contribution in [0.4, 0.5) is 0 Å².